The summed E-state index contributed by atoms with van der Waals surface area (Å²) in [7, 11) is 1.72. The summed E-state index contributed by atoms with van der Waals surface area (Å²) in [6.45, 7) is 3.88. The van der Waals surface area contributed by atoms with Crippen LogP contribution in [0, 0.1) is 6.92 Å². The highest BCUT2D eigenvalue weighted by molar-refractivity contribution is 6.42. The molecule has 3 rings (SSSR count). The maximum Gasteiger partial charge on any atom is 0.296 e. The number of rotatable bonds is 4. The summed E-state index contributed by atoms with van der Waals surface area (Å²) in [6, 6.07) is 6.75. The third-order valence-electron chi connectivity index (χ3n) is 4.49. The zero-order valence-corrected chi connectivity index (χ0v) is 14.5. The van der Waals surface area contributed by atoms with E-state index >= 15 is 0 Å². The van der Waals surface area contributed by atoms with Gasteiger partial charge in [0.25, 0.3) is 11.7 Å². The van der Waals surface area contributed by atoms with Crippen molar-refractivity contribution < 1.29 is 18.8 Å². The first-order valence-electron chi connectivity index (χ1n) is 8.15. The molecule has 3 heterocycles. The Labute approximate surface area is 145 Å². The van der Waals surface area contributed by atoms with Gasteiger partial charge in [0, 0.05) is 33.3 Å². The lowest BCUT2D eigenvalue weighted by Gasteiger charge is -2.16. The molecule has 2 aromatic heterocycles. The second-order valence-corrected chi connectivity index (χ2v) is 6.41. The predicted molar refractivity (Wildman–Crippen MR) is 90.1 cm³/mol. The highest BCUT2D eigenvalue weighted by Gasteiger charge is 2.40. The van der Waals surface area contributed by atoms with Crippen LogP contribution < -0.4 is 5.32 Å². The molecule has 2 unspecified atom stereocenters. The number of aromatic nitrogens is 1. The quantitative estimate of drug-likeness (QED) is 0.669. The first-order valence-corrected chi connectivity index (χ1v) is 8.15. The van der Waals surface area contributed by atoms with Crippen molar-refractivity contribution in [1.82, 2.24) is 14.8 Å². The molecule has 0 bridgehead atoms. The number of carbonyl (C=O) groups excluding carboxylic acids is 3. The van der Waals surface area contributed by atoms with E-state index in [1.807, 2.05) is 19.1 Å². The summed E-state index contributed by atoms with van der Waals surface area (Å²) >= 11 is 0. The number of aryl methyl sites for hydroxylation is 2. The normalized spacial score (nSPS) is 19.9. The van der Waals surface area contributed by atoms with Gasteiger partial charge in [-0.25, -0.2) is 0 Å². The largest absolute Gasteiger partial charge is 0.466 e. The molecule has 0 radical (unpaired) electrons. The summed E-state index contributed by atoms with van der Waals surface area (Å²) < 4.78 is 7.30. The van der Waals surface area contributed by atoms with Crippen LogP contribution in [-0.2, 0) is 16.6 Å². The molecule has 0 aromatic carbocycles. The monoisotopic (exact) mass is 343 g/mol. The Hall–Kier alpha value is -2.83. The van der Waals surface area contributed by atoms with Gasteiger partial charge in [-0.1, -0.05) is 0 Å². The van der Waals surface area contributed by atoms with Gasteiger partial charge in [0.1, 0.15) is 11.5 Å². The van der Waals surface area contributed by atoms with Crippen LogP contribution in [0.25, 0.3) is 0 Å². The van der Waals surface area contributed by atoms with Gasteiger partial charge in [0.2, 0.25) is 5.91 Å². The van der Waals surface area contributed by atoms with Crippen LogP contribution in [0.1, 0.15) is 34.9 Å². The first kappa shape index (κ1) is 17.0. The number of hydrogen-bond donors (Lipinski definition) is 1. The standard InChI is InChI=1S/C18H21N3O4/c1-11-6-7-16(25-11)13-9-21(10-14(13)19-12(2)22)18(24)17(23)15-5-4-8-20(15)3/h4-8,13-14H,9-10H2,1-3H3,(H,19,22). The van der Waals surface area contributed by atoms with E-state index < -0.39 is 11.7 Å². The van der Waals surface area contributed by atoms with Crippen molar-refractivity contribution in [2.45, 2.75) is 25.8 Å². The first-order chi connectivity index (χ1) is 11.9. The average Bonchev–Trinajstić information content (AvgIpc) is 3.25. The Kier molecular flexibility index (Phi) is 4.48. The van der Waals surface area contributed by atoms with E-state index in [4.69, 9.17) is 4.42 Å². The Bertz CT molecular complexity index is 820. The van der Waals surface area contributed by atoms with E-state index in [1.165, 1.54) is 11.8 Å². The molecule has 1 N–H and O–H groups in total. The Balaban J connectivity index is 1.81. The van der Waals surface area contributed by atoms with Crippen LogP contribution in [0.5, 0.6) is 0 Å². The number of ketones is 1. The zero-order chi connectivity index (χ0) is 18.1. The van der Waals surface area contributed by atoms with Crippen LogP contribution >= 0.6 is 0 Å². The summed E-state index contributed by atoms with van der Waals surface area (Å²) in [5.74, 6) is -0.00325. The van der Waals surface area contributed by atoms with Crippen LogP contribution in [-0.4, -0.2) is 46.2 Å². The van der Waals surface area contributed by atoms with E-state index in [-0.39, 0.29) is 24.4 Å². The SMILES string of the molecule is CC(=O)NC1CN(C(=O)C(=O)c2cccn2C)CC1c1ccc(C)o1. The third kappa shape index (κ3) is 3.35. The fraction of sp³-hybridized carbons (Fsp3) is 0.389. The van der Waals surface area contributed by atoms with Crippen molar-refractivity contribution >= 4 is 17.6 Å². The highest BCUT2D eigenvalue weighted by atomic mass is 16.3. The summed E-state index contributed by atoms with van der Waals surface area (Å²) in [6.07, 6.45) is 1.72. The van der Waals surface area contributed by atoms with Crippen molar-refractivity contribution in [2.24, 2.45) is 7.05 Å². The smallest absolute Gasteiger partial charge is 0.296 e. The maximum absolute atomic E-state index is 12.6. The minimum atomic E-state index is -0.567. The molecule has 0 aliphatic carbocycles. The highest BCUT2D eigenvalue weighted by Crippen LogP contribution is 2.29. The molecule has 2 amide bonds. The molecule has 1 fully saturated rings. The molecule has 0 saturated carbocycles. The van der Waals surface area contributed by atoms with Gasteiger partial charge in [-0.05, 0) is 31.2 Å². The van der Waals surface area contributed by atoms with Crippen molar-refractivity contribution in [3.63, 3.8) is 0 Å². The predicted octanol–water partition coefficient (Wildman–Crippen LogP) is 1.24. The average molecular weight is 343 g/mol. The molecular weight excluding hydrogens is 322 g/mol. The number of furan rings is 1. The number of nitrogens with one attached hydrogen (secondary N) is 1. The molecule has 1 aliphatic rings. The minimum Gasteiger partial charge on any atom is -0.466 e. The van der Waals surface area contributed by atoms with E-state index in [0.29, 0.717) is 18.0 Å². The Morgan fingerprint density at radius 2 is 1.96 bits per heavy atom. The van der Waals surface area contributed by atoms with Crippen LogP contribution in [0.2, 0.25) is 0 Å². The van der Waals surface area contributed by atoms with Gasteiger partial charge in [-0.2, -0.15) is 0 Å². The molecular formula is C18H21N3O4. The minimum absolute atomic E-state index is 0.178. The summed E-state index contributed by atoms with van der Waals surface area (Å²) in [5, 5.41) is 2.86. The lowest BCUT2D eigenvalue weighted by Crippen LogP contribution is -2.40. The van der Waals surface area contributed by atoms with Crippen molar-refractivity contribution in [3.05, 3.63) is 47.7 Å². The lowest BCUT2D eigenvalue weighted by molar-refractivity contribution is -0.126. The van der Waals surface area contributed by atoms with Gasteiger partial charge in [-0.3, -0.25) is 14.4 Å². The number of nitrogens with zero attached hydrogens (tertiary/aromatic N) is 2. The van der Waals surface area contributed by atoms with E-state index in [0.717, 1.165) is 5.76 Å². The molecule has 25 heavy (non-hydrogen) atoms. The van der Waals surface area contributed by atoms with E-state index in [2.05, 4.69) is 5.32 Å². The van der Waals surface area contributed by atoms with E-state index in [1.54, 1.807) is 29.9 Å². The van der Waals surface area contributed by atoms with Crippen LogP contribution in [0.15, 0.2) is 34.9 Å². The number of amides is 2. The molecule has 0 spiro atoms. The molecule has 2 aromatic rings. The number of Topliss-reactive ketones (excluding diaryl/α,β-unsaturated/α-hetero) is 1. The number of carbonyl (C=O) groups is 3. The van der Waals surface area contributed by atoms with Gasteiger partial charge in [0.05, 0.1) is 17.7 Å². The summed E-state index contributed by atoms with van der Waals surface area (Å²) in [5.41, 5.74) is 0.346. The van der Waals surface area contributed by atoms with Crippen LogP contribution in [0.4, 0.5) is 0 Å². The van der Waals surface area contributed by atoms with Crippen molar-refractivity contribution in [2.75, 3.05) is 13.1 Å². The van der Waals surface area contributed by atoms with E-state index in [9.17, 15) is 14.4 Å². The Morgan fingerprint density at radius 3 is 2.52 bits per heavy atom. The molecule has 1 saturated heterocycles. The number of likely N-dealkylation sites (tertiary alicyclic amines) is 1. The molecule has 2 atom stereocenters. The summed E-state index contributed by atoms with van der Waals surface area (Å²) in [4.78, 5) is 38.1. The zero-order valence-electron chi connectivity index (χ0n) is 14.5. The Morgan fingerprint density at radius 1 is 1.20 bits per heavy atom. The fourth-order valence-electron chi connectivity index (χ4n) is 3.27. The van der Waals surface area contributed by atoms with Crippen molar-refractivity contribution in [1.29, 1.82) is 0 Å². The van der Waals surface area contributed by atoms with Gasteiger partial charge < -0.3 is 19.2 Å². The van der Waals surface area contributed by atoms with Gasteiger partial charge in [0.15, 0.2) is 0 Å². The fourth-order valence-corrected chi connectivity index (χ4v) is 3.27. The molecule has 7 heteroatoms. The second-order valence-electron chi connectivity index (χ2n) is 6.41. The van der Waals surface area contributed by atoms with Crippen molar-refractivity contribution in [3.8, 4) is 0 Å². The topological polar surface area (TPSA) is 84.5 Å². The molecule has 1 aliphatic heterocycles. The molecule has 7 nitrogen and oxygen atoms in total. The maximum atomic E-state index is 12.6. The van der Waals surface area contributed by atoms with Gasteiger partial charge >= 0.3 is 0 Å². The third-order valence-corrected chi connectivity index (χ3v) is 4.49. The second kappa shape index (κ2) is 6.58. The number of hydrogen-bond acceptors (Lipinski definition) is 4. The van der Waals surface area contributed by atoms with Gasteiger partial charge in [-0.15, -0.1) is 0 Å². The van der Waals surface area contributed by atoms with Crippen LogP contribution in [0.3, 0.4) is 0 Å². The molecule has 132 valence electrons. The lowest BCUT2D eigenvalue weighted by atomic mass is 10.0.